The highest BCUT2D eigenvalue weighted by molar-refractivity contribution is 9.10. The number of rotatable bonds is 4. The Hall–Kier alpha value is -0.430. The van der Waals surface area contributed by atoms with Crippen LogP contribution in [0.1, 0.15) is 18.9 Å². The molecule has 0 aromatic heterocycles. The number of nitrogens with zero attached hydrogens (tertiary/aromatic N) is 1. The average molecular weight is 347 g/mol. The maximum Gasteiger partial charge on any atom is 0.243 e. The van der Waals surface area contributed by atoms with Gasteiger partial charge in [0.1, 0.15) is 0 Å². The van der Waals surface area contributed by atoms with Gasteiger partial charge in [-0.3, -0.25) is 0 Å². The Bertz CT molecular complexity index is 554. The molecule has 0 saturated carbocycles. The second-order valence-electron chi connectivity index (χ2n) is 4.76. The minimum Gasteiger partial charge on any atom is -0.315 e. The molecule has 1 heterocycles. The molecule has 1 fully saturated rings. The van der Waals surface area contributed by atoms with Gasteiger partial charge in [0.15, 0.2) is 0 Å². The summed E-state index contributed by atoms with van der Waals surface area (Å²) in [7, 11) is -3.42. The molecule has 1 N–H and O–H groups in total. The fourth-order valence-corrected chi connectivity index (χ4v) is 4.92. The van der Waals surface area contributed by atoms with Crippen LogP contribution in [0.25, 0.3) is 0 Å². The molecule has 0 spiro atoms. The van der Waals surface area contributed by atoms with Crippen LogP contribution in [0.4, 0.5) is 0 Å². The van der Waals surface area contributed by atoms with Crippen molar-refractivity contribution in [2.24, 2.45) is 0 Å². The zero-order valence-corrected chi connectivity index (χ0v) is 13.6. The number of aryl methyl sites for hydroxylation is 1. The highest BCUT2D eigenvalue weighted by Gasteiger charge is 2.32. The number of halogens is 1. The Balaban J connectivity index is 2.42. The molecule has 19 heavy (non-hydrogen) atoms. The summed E-state index contributed by atoms with van der Waals surface area (Å²) >= 11 is 3.35. The summed E-state index contributed by atoms with van der Waals surface area (Å²) in [5, 5.41) is 3.22. The van der Waals surface area contributed by atoms with Crippen LogP contribution in [0.3, 0.4) is 0 Å². The maximum atomic E-state index is 12.8. The van der Waals surface area contributed by atoms with E-state index in [1.54, 1.807) is 10.4 Å². The van der Waals surface area contributed by atoms with Crippen LogP contribution in [0.2, 0.25) is 0 Å². The zero-order chi connectivity index (χ0) is 14.0. The Labute approximate surface area is 123 Å². The molecule has 1 unspecified atom stereocenters. The van der Waals surface area contributed by atoms with Crippen LogP contribution in [-0.4, -0.2) is 38.4 Å². The van der Waals surface area contributed by atoms with Crippen molar-refractivity contribution < 1.29 is 8.42 Å². The molecule has 106 valence electrons. The first-order valence-electron chi connectivity index (χ1n) is 6.45. The third-order valence-corrected chi connectivity index (χ3v) is 6.15. The first kappa shape index (κ1) is 15.0. The second kappa shape index (κ2) is 5.91. The molecule has 0 bridgehead atoms. The van der Waals surface area contributed by atoms with Gasteiger partial charge in [-0.1, -0.05) is 28.9 Å². The number of nitrogens with one attached hydrogen (secondary N) is 1. The monoisotopic (exact) mass is 346 g/mol. The first-order valence-corrected chi connectivity index (χ1v) is 8.69. The van der Waals surface area contributed by atoms with Gasteiger partial charge in [-0.15, -0.1) is 0 Å². The van der Waals surface area contributed by atoms with Crippen molar-refractivity contribution in [1.82, 2.24) is 9.62 Å². The summed E-state index contributed by atoms with van der Waals surface area (Å²) in [6.07, 6.45) is 0.875. The van der Waals surface area contributed by atoms with E-state index in [4.69, 9.17) is 0 Å². The normalized spacial score (nSPS) is 20.1. The minimum atomic E-state index is -3.42. The highest BCUT2D eigenvalue weighted by atomic mass is 79.9. The lowest BCUT2D eigenvalue weighted by molar-refractivity contribution is 0.348. The Morgan fingerprint density at radius 3 is 2.79 bits per heavy atom. The van der Waals surface area contributed by atoms with Crippen LogP contribution in [-0.2, 0) is 10.0 Å². The van der Waals surface area contributed by atoms with Crippen molar-refractivity contribution in [3.05, 3.63) is 28.2 Å². The molecular formula is C13H19BrN2O2S. The molecule has 0 aliphatic carbocycles. The molecule has 0 radical (unpaired) electrons. The number of benzene rings is 1. The summed E-state index contributed by atoms with van der Waals surface area (Å²) in [4.78, 5) is 0.399. The topological polar surface area (TPSA) is 49.4 Å². The lowest BCUT2D eigenvalue weighted by Crippen LogP contribution is -2.41. The van der Waals surface area contributed by atoms with Crippen molar-refractivity contribution in [2.75, 3.05) is 19.6 Å². The predicted octanol–water partition coefficient (Wildman–Crippen LogP) is 2.13. The standard InChI is InChI=1S/C13H19BrN2O2S/c1-3-16(12-6-7-15-9-12)19(17,18)13-8-11(14)5-4-10(13)2/h4-5,8,12,15H,3,6-7,9H2,1-2H3. The Morgan fingerprint density at radius 2 is 2.21 bits per heavy atom. The van der Waals surface area contributed by atoms with Crippen LogP contribution in [0, 0.1) is 6.92 Å². The van der Waals surface area contributed by atoms with Crippen molar-refractivity contribution in [1.29, 1.82) is 0 Å². The van der Waals surface area contributed by atoms with Gasteiger partial charge in [0.05, 0.1) is 4.90 Å². The average Bonchev–Trinajstić information content (AvgIpc) is 2.86. The van der Waals surface area contributed by atoms with Gasteiger partial charge >= 0.3 is 0 Å². The van der Waals surface area contributed by atoms with Crippen LogP contribution >= 0.6 is 15.9 Å². The van der Waals surface area contributed by atoms with Gasteiger partial charge in [0, 0.05) is 23.6 Å². The molecular weight excluding hydrogens is 328 g/mol. The predicted molar refractivity (Wildman–Crippen MR) is 79.7 cm³/mol. The highest BCUT2D eigenvalue weighted by Crippen LogP contribution is 2.26. The van der Waals surface area contributed by atoms with Gasteiger partial charge < -0.3 is 5.32 Å². The summed E-state index contributed by atoms with van der Waals surface area (Å²) in [5.41, 5.74) is 0.785. The molecule has 1 aromatic rings. The molecule has 1 aliphatic heterocycles. The molecule has 0 amide bonds. The first-order chi connectivity index (χ1) is 8.96. The zero-order valence-electron chi connectivity index (χ0n) is 11.2. The molecule has 1 atom stereocenters. The maximum absolute atomic E-state index is 12.8. The number of hydrogen-bond acceptors (Lipinski definition) is 3. The van der Waals surface area contributed by atoms with E-state index in [0.29, 0.717) is 11.4 Å². The molecule has 1 saturated heterocycles. The lowest BCUT2D eigenvalue weighted by atomic mass is 10.2. The fourth-order valence-electron chi connectivity index (χ4n) is 2.49. The fraction of sp³-hybridized carbons (Fsp3) is 0.538. The number of hydrogen-bond donors (Lipinski definition) is 1. The van der Waals surface area contributed by atoms with Crippen LogP contribution in [0.5, 0.6) is 0 Å². The van der Waals surface area contributed by atoms with Gasteiger partial charge in [-0.25, -0.2) is 8.42 Å². The van der Waals surface area contributed by atoms with Gasteiger partial charge in [0.25, 0.3) is 0 Å². The Kier molecular flexibility index (Phi) is 4.66. The molecule has 6 heteroatoms. The largest absolute Gasteiger partial charge is 0.315 e. The van der Waals surface area contributed by atoms with E-state index in [0.717, 1.165) is 29.5 Å². The van der Waals surface area contributed by atoms with Crippen molar-refractivity contribution in [3.8, 4) is 0 Å². The Morgan fingerprint density at radius 1 is 1.47 bits per heavy atom. The van der Waals surface area contributed by atoms with Gasteiger partial charge in [-0.2, -0.15) is 4.31 Å². The molecule has 1 aliphatic rings. The molecule has 2 rings (SSSR count). The van der Waals surface area contributed by atoms with Gasteiger partial charge in [-0.05, 0) is 37.6 Å². The van der Waals surface area contributed by atoms with E-state index >= 15 is 0 Å². The SMILES string of the molecule is CCN(C1CCNC1)S(=O)(=O)c1cc(Br)ccc1C. The molecule has 4 nitrogen and oxygen atoms in total. The third-order valence-electron chi connectivity index (χ3n) is 3.49. The van der Waals surface area contributed by atoms with E-state index in [9.17, 15) is 8.42 Å². The quantitative estimate of drug-likeness (QED) is 0.908. The van der Waals surface area contributed by atoms with Crippen molar-refractivity contribution in [2.45, 2.75) is 31.2 Å². The number of likely N-dealkylation sites (N-methyl/N-ethyl adjacent to an activating group) is 1. The van der Waals surface area contributed by atoms with E-state index in [1.807, 2.05) is 26.0 Å². The molecule has 1 aromatic carbocycles. The number of sulfonamides is 1. The van der Waals surface area contributed by atoms with Crippen molar-refractivity contribution >= 4 is 26.0 Å². The van der Waals surface area contributed by atoms with E-state index in [2.05, 4.69) is 21.2 Å². The third kappa shape index (κ3) is 3.02. The summed E-state index contributed by atoms with van der Waals surface area (Å²) in [5.74, 6) is 0. The summed E-state index contributed by atoms with van der Waals surface area (Å²) < 4.78 is 28.0. The van der Waals surface area contributed by atoms with E-state index in [-0.39, 0.29) is 6.04 Å². The summed E-state index contributed by atoms with van der Waals surface area (Å²) in [6.45, 7) is 5.85. The second-order valence-corrected chi connectivity index (χ2v) is 7.54. The van der Waals surface area contributed by atoms with Crippen LogP contribution in [0.15, 0.2) is 27.6 Å². The van der Waals surface area contributed by atoms with Crippen molar-refractivity contribution in [3.63, 3.8) is 0 Å². The lowest BCUT2D eigenvalue weighted by Gasteiger charge is -2.27. The van der Waals surface area contributed by atoms with E-state index in [1.165, 1.54) is 0 Å². The smallest absolute Gasteiger partial charge is 0.243 e. The minimum absolute atomic E-state index is 0.0633. The van der Waals surface area contributed by atoms with Gasteiger partial charge in [0.2, 0.25) is 10.0 Å². The van der Waals surface area contributed by atoms with Crippen LogP contribution < -0.4 is 5.32 Å². The van der Waals surface area contributed by atoms with E-state index < -0.39 is 10.0 Å². The summed E-state index contributed by atoms with van der Waals surface area (Å²) in [6, 6.07) is 5.45.